The molecule has 1 fully saturated rings. The third-order valence-corrected chi connectivity index (χ3v) is 5.94. The fraction of sp³-hybridized carbons (Fsp3) is 0.259. The highest BCUT2D eigenvalue weighted by Gasteiger charge is 2.17. The Balaban J connectivity index is 1.30. The van der Waals surface area contributed by atoms with Crippen LogP contribution in [0.2, 0.25) is 0 Å². The molecule has 1 saturated carbocycles. The summed E-state index contributed by atoms with van der Waals surface area (Å²) in [5, 5.41) is 8.10. The molecule has 4 aromatic rings. The van der Waals surface area contributed by atoms with E-state index in [2.05, 4.69) is 22.8 Å². The average molecular weight is 441 g/mol. The predicted octanol–water partition coefficient (Wildman–Crippen LogP) is 6.40. The monoisotopic (exact) mass is 440 g/mol. The molecule has 1 aliphatic rings. The van der Waals surface area contributed by atoms with Gasteiger partial charge in [-0.3, -0.25) is 0 Å². The molecule has 0 amide bonds. The van der Waals surface area contributed by atoms with Crippen molar-refractivity contribution in [1.29, 1.82) is 0 Å². The summed E-state index contributed by atoms with van der Waals surface area (Å²) in [5.41, 5.74) is 2.02. The van der Waals surface area contributed by atoms with Crippen molar-refractivity contribution < 1.29 is 9.47 Å². The van der Waals surface area contributed by atoms with Gasteiger partial charge in [-0.2, -0.15) is 4.98 Å². The van der Waals surface area contributed by atoms with Crippen LogP contribution in [-0.2, 0) is 6.54 Å². The zero-order chi connectivity index (χ0) is 22.5. The van der Waals surface area contributed by atoms with Crippen LogP contribution in [0, 0.1) is 0 Å². The Morgan fingerprint density at radius 1 is 0.848 bits per heavy atom. The van der Waals surface area contributed by atoms with E-state index in [0.29, 0.717) is 18.5 Å². The molecule has 0 spiro atoms. The SMILES string of the molecule is COc1ccc(Oc2cccc(CNc3nc(NC4CCCC4)c4ccccc4n3)c2)cc1. The van der Waals surface area contributed by atoms with Crippen LogP contribution in [-0.4, -0.2) is 23.1 Å². The second-order valence-corrected chi connectivity index (χ2v) is 8.32. The number of hydrogen-bond donors (Lipinski definition) is 2. The topological polar surface area (TPSA) is 68.3 Å². The number of methoxy groups -OCH3 is 1. The van der Waals surface area contributed by atoms with Crippen LogP contribution < -0.4 is 20.1 Å². The number of fused-ring (bicyclic) bond motifs is 1. The number of nitrogens with one attached hydrogen (secondary N) is 2. The highest BCUT2D eigenvalue weighted by atomic mass is 16.5. The third kappa shape index (κ3) is 5.17. The first kappa shape index (κ1) is 21.1. The molecular formula is C27H28N4O2. The molecule has 168 valence electrons. The zero-order valence-electron chi connectivity index (χ0n) is 18.8. The Kier molecular flexibility index (Phi) is 6.24. The maximum Gasteiger partial charge on any atom is 0.225 e. The molecule has 1 aliphatic carbocycles. The first-order chi connectivity index (χ1) is 16.3. The Morgan fingerprint density at radius 3 is 2.45 bits per heavy atom. The van der Waals surface area contributed by atoms with Gasteiger partial charge in [-0.05, 0) is 66.9 Å². The smallest absolute Gasteiger partial charge is 0.225 e. The number of aromatic nitrogens is 2. The van der Waals surface area contributed by atoms with Crippen LogP contribution in [0.1, 0.15) is 31.2 Å². The third-order valence-electron chi connectivity index (χ3n) is 5.94. The number of para-hydroxylation sites is 1. The van der Waals surface area contributed by atoms with E-state index in [1.54, 1.807) is 7.11 Å². The van der Waals surface area contributed by atoms with E-state index in [-0.39, 0.29) is 0 Å². The second-order valence-electron chi connectivity index (χ2n) is 8.32. The van der Waals surface area contributed by atoms with Crippen LogP contribution in [0.3, 0.4) is 0 Å². The van der Waals surface area contributed by atoms with E-state index in [4.69, 9.17) is 19.4 Å². The number of benzene rings is 3. The van der Waals surface area contributed by atoms with Crippen LogP contribution in [0.25, 0.3) is 10.9 Å². The van der Waals surface area contributed by atoms with E-state index in [9.17, 15) is 0 Å². The number of anilines is 2. The molecule has 3 aromatic carbocycles. The lowest BCUT2D eigenvalue weighted by Gasteiger charge is -2.16. The van der Waals surface area contributed by atoms with Gasteiger partial charge >= 0.3 is 0 Å². The maximum atomic E-state index is 6.00. The predicted molar refractivity (Wildman–Crippen MR) is 132 cm³/mol. The van der Waals surface area contributed by atoms with E-state index in [0.717, 1.165) is 39.5 Å². The lowest BCUT2D eigenvalue weighted by molar-refractivity contribution is 0.413. The van der Waals surface area contributed by atoms with Crippen molar-refractivity contribution in [1.82, 2.24) is 9.97 Å². The fourth-order valence-corrected chi connectivity index (χ4v) is 4.21. The highest BCUT2D eigenvalue weighted by molar-refractivity contribution is 5.90. The van der Waals surface area contributed by atoms with Gasteiger partial charge in [0.15, 0.2) is 0 Å². The summed E-state index contributed by atoms with van der Waals surface area (Å²) in [6.07, 6.45) is 4.95. The van der Waals surface area contributed by atoms with Crippen molar-refractivity contribution in [3.8, 4) is 17.2 Å². The van der Waals surface area contributed by atoms with Gasteiger partial charge in [0.1, 0.15) is 23.1 Å². The van der Waals surface area contributed by atoms with Crippen LogP contribution in [0.5, 0.6) is 17.2 Å². The minimum atomic E-state index is 0.489. The van der Waals surface area contributed by atoms with Gasteiger partial charge in [-0.1, -0.05) is 37.1 Å². The number of ether oxygens (including phenoxy) is 2. The molecule has 0 radical (unpaired) electrons. The van der Waals surface area contributed by atoms with Gasteiger partial charge in [0.2, 0.25) is 5.95 Å². The average Bonchev–Trinajstić information content (AvgIpc) is 3.37. The Hall–Kier alpha value is -3.80. The van der Waals surface area contributed by atoms with Gasteiger partial charge in [0, 0.05) is 18.0 Å². The van der Waals surface area contributed by atoms with E-state index in [1.165, 1.54) is 25.7 Å². The molecule has 0 aliphatic heterocycles. The van der Waals surface area contributed by atoms with Gasteiger partial charge in [0.25, 0.3) is 0 Å². The summed E-state index contributed by atoms with van der Waals surface area (Å²) in [6, 6.07) is 24.2. The van der Waals surface area contributed by atoms with Gasteiger partial charge in [-0.15, -0.1) is 0 Å². The number of nitrogens with zero attached hydrogens (tertiary/aromatic N) is 2. The Labute approximate surface area is 194 Å². The van der Waals surface area contributed by atoms with Crippen molar-refractivity contribution in [2.24, 2.45) is 0 Å². The number of hydrogen-bond acceptors (Lipinski definition) is 6. The summed E-state index contributed by atoms with van der Waals surface area (Å²) in [5.74, 6) is 3.88. The van der Waals surface area contributed by atoms with Crippen molar-refractivity contribution >= 4 is 22.7 Å². The molecule has 2 N–H and O–H groups in total. The fourth-order valence-electron chi connectivity index (χ4n) is 4.21. The van der Waals surface area contributed by atoms with Gasteiger partial charge < -0.3 is 20.1 Å². The summed E-state index contributed by atoms with van der Waals surface area (Å²) in [4.78, 5) is 9.54. The first-order valence-corrected chi connectivity index (χ1v) is 11.4. The largest absolute Gasteiger partial charge is 0.497 e. The Bertz CT molecular complexity index is 1220. The van der Waals surface area contributed by atoms with E-state index >= 15 is 0 Å². The summed E-state index contributed by atoms with van der Waals surface area (Å²) in [7, 11) is 1.65. The summed E-state index contributed by atoms with van der Waals surface area (Å²) >= 11 is 0. The van der Waals surface area contributed by atoms with E-state index < -0.39 is 0 Å². The van der Waals surface area contributed by atoms with Crippen molar-refractivity contribution in [3.63, 3.8) is 0 Å². The normalized spacial score (nSPS) is 13.7. The standard InChI is InChI=1S/C27H28N4O2/c1-32-21-13-15-22(16-14-21)33-23-10-6-7-19(17-23)18-28-27-30-25-12-5-4-11-24(25)26(31-27)29-20-8-2-3-9-20/h4-7,10-17,20H,2-3,8-9,18H2,1H3,(H2,28,29,30,31). The lowest BCUT2D eigenvalue weighted by Crippen LogP contribution is -2.17. The van der Waals surface area contributed by atoms with Crippen LogP contribution in [0.4, 0.5) is 11.8 Å². The lowest BCUT2D eigenvalue weighted by atomic mass is 10.2. The zero-order valence-corrected chi connectivity index (χ0v) is 18.8. The Morgan fingerprint density at radius 2 is 1.64 bits per heavy atom. The van der Waals surface area contributed by atoms with Crippen molar-refractivity contribution in [3.05, 3.63) is 78.4 Å². The molecule has 1 heterocycles. The number of rotatable bonds is 8. The van der Waals surface area contributed by atoms with Gasteiger partial charge in [0.05, 0.1) is 12.6 Å². The molecule has 0 atom stereocenters. The maximum absolute atomic E-state index is 6.00. The van der Waals surface area contributed by atoms with E-state index in [1.807, 2.05) is 60.7 Å². The molecule has 5 rings (SSSR count). The molecule has 6 nitrogen and oxygen atoms in total. The molecule has 1 aromatic heterocycles. The molecule has 0 unspecified atom stereocenters. The van der Waals surface area contributed by atoms with Gasteiger partial charge in [-0.25, -0.2) is 4.98 Å². The summed E-state index contributed by atoms with van der Waals surface area (Å²) < 4.78 is 11.2. The molecule has 33 heavy (non-hydrogen) atoms. The van der Waals surface area contributed by atoms with Crippen molar-refractivity contribution in [2.45, 2.75) is 38.3 Å². The molecule has 6 heteroatoms. The van der Waals surface area contributed by atoms with Crippen LogP contribution >= 0.6 is 0 Å². The second kappa shape index (κ2) is 9.77. The molecular weight excluding hydrogens is 412 g/mol. The molecule has 0 bridgehead atoms. The molecule has 0 saturated heterocycles. The highest BCUT2D eigenvalue weighted by Crippen LogP contribution is 2.28. The van der Waals surface area contributed by atoms with Crippen LogP contribution in [0.15, 0.2) is 72.8 Å². The van der Waals surface area contributed by atoms with Crippen molar-refractivity contribution in [2.75, 3.05) is 17.7 Å². The quantitative estimate of drug-likeness (QED) is 0.331. The minimum Gasteiger partial charge on any atom is -0.497 e. The minimum absolute atomic E-state index is 0.489. The first-order valence-electron chi connectivity index (χ1n) is 11.4. The summed E-state index contributed by atoms with van der Waals surface area (Å²) in [6.45, 7) is 0.598.